The molecule has 0 bridgehead atoms. The minimum absolute atomic E-state index is 0.241. The van der Waals surface area contributed by atoms with E-state index in [1.54, 1.807) is 6.92 Å². The van der Waals surface area contributed by atoms with Gasteiger partial charge in [0.1, 0.15) is 18.1 Å². The smallest absolute Gasteiger partial charge is 0.326 e. The van der Waals surface area contributed by atoms with E-state index in [0.717, 1.165) is 0 Å². The highest BCUT2D eigenvalue weighted by atomic mass is 16.4. The van der Waals surface area contributed by atoms with Crippen LogP contribution in [0.15, 0.2) is 0 Å². The van der Waals surface area contributed by atoms with Crippen molar-refractivity contribution in [3.63, 3.8) is 0 Å². The molecule has 0 aliphatic carbocycles. The van der Waals surface area contributed by atoms with Crippen molar-refractivity contribution in [2.75, 3.05) is 6.54 Å². The molecule has 0 aromatic rings. The zero-order chi connectivity index (χ0) is 21.6. The highest BCUT2D eigenvalue weighted by Crippen LogP contribution is 2.19. The molecular weight excluding hydrogens is 368 g/mol. The summed E-state index contributed by atoms with van der Waals surface area (Å²) in [5.74, 6) is -3.16. The first-order valence-corrected chi connectivity index (χ1v) is 9.58. The maximum Gasteiger partial charge on any atom is 0.326 e. The van der Waals surface area contributed by atoms with Gasteiger partial charge in [0.2, 0.25) is 17.7 Å². The molecule has 1 rings (SSSR count). The Hall–Kier alpha value is -2.20. The lowest BCUT2D eigenvalue weighted by molar-refractivity contribution is -0.151. The van der Waals surface area contributed by atoms with Crippen molar-refractivity contribution >= 4 is 23.7 Å². The van der Waals surface area contributed by atoms with Crippen LogP contribution in [-0.4, -0.2) is 75.6 Å². The normalized spacial score (nSPS) is 21.9. The lowest BCUT2D eigenvalue weighted by Crippen LogP contribution is -2.60. The van der Waals surface area contributed by atoms with Crippen LogP contribution in [0.1, 0.15) is 47.0 Å². The Bertz CT molecular complexity index is 595. The zero-order valence-corrected chi connectivity index (χ0v) is 16.8. The van der Waals surface area contributed by atoms with Crippen molar-refractivity contribution in [3.05, 3.63) is 0 Å². The summed E-state index contributed by atoms with van der Waals surface area (Å²) in [5, 5.41) is 24.4. The van der Waals surface area contributed by atoms with Crippen molar-refractivity contribution in [2.45, 2.75) is 77.2 Å². The van der Waals surface area contributed by atoms with Crippen LogP contribution >= 0.6 is 0 Å². The SMILES string of the molecule is CCC(C)C(NC(=O)C(C)N)C(=O)NC(C(=O)N1CCCC1C(=O)O)C(C)O. The zero-order valence-electron chi connectivity index (χ0n) is 16.8. The minimum atomic E-state index is -1.31. The molecule has 0 saturated carbocycles. The van der Waals surface area contributed by atoms with Gasteiger partial charge in [0, 0.05) is 6.54 Å². The second-order valence-corrected chi connectivity index (χ2v) is 7.42. The van der Waals surface area contributed by atoms with E-state index in [-0.39, 0.29) is 12.5 Å². The molecule has 0 spiro atoms. The van der Waals surface area contributed by atoms with Gasteiger partial charge >= 0.3 is 5.97 Å². The van der Waals surface area contributed by atoms with Gasteiger partial charge in [-0.15, -0.1) is 0 Å². The molecule has 0 aromatic carbocycles. The van der Waals surface area contributed by atoms with E-state index in [0.29, 0.717) is 19.3 Å². The molecule has 1 aliphatic rings. The third-order valence-electron chi connectivity index (χ3n) is 5.07. The average Bonchev–Trinajstić information content (AvgIpc) is 3.12. The second kappa shape index (κ2) is 10.4. The Labute approximate surface area is 164 Å². The molecule has 6 N–H and O–H groups in total. The standard InChI is InChI=1S/C18H32N4O6/c1-5-9(2)13(20-15(24)10(3)19)16(25)21-14(11(4)23)17(26)22-8-6-7-12(22)18(27)28/h9-14,23H,5-8,19H2,1-4H3,(H,20,24)(H,21,25)(H,27,28). The van der Waals surface area contributed by atoms with E-state index in [9.17, 15) is 29.4 Å². The number of carbonyl (C=O) groups is 4. The number of nitrogens with one attached hydrogen (secondary N) is 2. The second-order valence-electron chi connectivity index (χ2n) is 7.42. The highest BCUT2D eigenvalue weighted by Gasteiger charge is 2.40. The van der Waals surface area contributed by atoms with Crippen molar-refractivity contribution in [2.24, 2.45) is 11.7 Å². The third-order valence-corrected chi connectivity index (χ3v) is 5.07. The number of aliphatic carboxylic acids is 1. The number of carbonyl (C=O) groups excluding carboxylic acids is 3. The summed E-state index contributed by atoms with van der Waals surface area (Å²) < 4.78 is 0. The number of carboxylic acids is 1. The molecule has 3 amide bonds. The van der Waals surface area contributed by atoms with Gasteiger partial charge in [0.15, 0.2) is 0 Å². The lowest BCUT2D eigenvalue weighted by atomic mass is 9.97. The van der Waals surface area contributed by atoms with Crippen molar-refractivity contribution < 1.29 is 29.4 Å². The highest BCUT2D eigenvalue weighted by molar-refractivity contribution is 5.94. The van der Waals surface area contributed by atoms with Gasteiger partial charge in [-0.3, -0.25) is 14.4 Å². The summed E-state index contributed by atoms with van der Waals surface area (Å²) in [6.07, 6.45) is 0.191. The van der Waals surface area contributed by atoms with Crippen molar-refractivity contribution in [1.29, 1.82) is 0 Å². The molecule has 6 atom stereocenters. The van der Waals surface area contributed by atoms with Crippen LogP contribution in [0.2, 0.25) is 0 Å². The quantitative estimate of drug-likeness (QED) is 0.325. The third kappa shape index (κ3) is 5.90. The molecule has 6 unspecified atom stereocenters. The summed E-state index contributed by atoms with van der Waals surface area (Å²) in [6.45, 7) is 6.69. The first kappa shape index (κ1) is 23.8. The number of rotatable bonds is 9. The van der Waals surface area contributed by atoms with Crippen molar-refractivity contribution in [3.8, 4) is 0 Å². The molecule has 10 nitrogen and oxygen atoms in total. The van der Waals surface area contributed by atoms with Gasteiger partial charge in [-0.1, -0.05) is 20.3 Å². The number of nitrogens with two attached hydrogens (primary N) is 1. The number of nitrogens with zero attached hydrogens (tertiary/aromatic N) is 1. The Balaban J connectivity index is 2.98. The number of hydrogen-bond donors (Lipinski definition) is 5. The van der Waals surface area contributed by atoms with Gasteiger partial charge < -0.3 is 31.5 Å². The topological polar surface area (TPSA) is 162 Å². The Morgan fingerprint density at radius 1 is 1.11 bits per heavy atom. The molecule has 160 valence electrons. The van der Waals surface area contributed by atoms with Crippen LogP contribution in [-0.2, 0) is 19.2 Å². The first-order valence-electron chi connectivity index (χ1n) is 9.58. The fraction of sp³-hybridized carbons (Fsp3) is 0.778. The maximum absolute atomic E-state index is 12.8. The van der Waals surface area contributed by atoms with E-state index in [1.807, 2.05) is 6.92 Å². The Morgan fingerprint density at radius 2 is 1.68 bits per heavy atom. The summed E-state index contributed by atoms with van der Waals surface area (Å²) in [7, 11) is 0. The fourth-order valence-corrected chi connectivity index (χ4v) is 3.08. The van der Waals surface area contributed by atoms with E-state index in [2.05, 4.69) is 10.6 Å². The molecule has 28 heavy (non-hydrogen) atoms. The number of amides is 3. The van der Waals surface area contributed by atoms with E-state index >= 15 is 0 Å². The fourth-order valence-electron chi connectivity index (χ4n) is 3.08. The van der Waals surface area contributed by atoms with E-state index < -0.39 is 54.0 Å². The Kier molecular flexibility index (Phi) is 8.83. The van der Waals surface area contributed by atoms with Crippen LogP contribution in [0.4, 0.5) is 0 Å². The van der Waals surface area contributed by atoms with Gasteiger partial charge in [-0.2, -0.15) is 0 Å². The predicted octanol–water partition coefficient (Wildman–Crippen LogP) is -1.19. The van der Waals surface area contributed by atoms with Gasteiger partial charge in [0.05, 0.1) is 12.1 Å². The van der Waals surface area contributed by atoms with Gasteiger partial charge in [-0.05, 0) is 32.6 Å². The number of likely N-dealkylation sites (tertiary alicyclic amines) is 1. The largest absolute Gasteiger partial charge is 0.480 e. The van der Waals surface area contributed by atoms with Crippen LogP contribution in [0, 0.1) is 5.92 Å². The van der Waals surface area contributed by atoms with Gasteiger partial charge in [-0.25, -0.2) is 4.79 Å². The van der Waals surface area contributed by atoms with Crippen LogP contribution in [0.25, 0.3) is 0 Å². The number of carboxylic acid groups (broad SMARTS) is 1. The van der Waals surface area contributed by atoms with Gasteiger partial charge in [0.25, 0.3) is 0 Å². The Morgan fingerprint density at radius 3 is 2.14 bits per heavy atom. The predicted molar refractivity (Wildman–Crippen MR) is 101 cm³/mol. The number of aliphatic hydroxyl groups is 1. The van der Waals surface area contributed by atoms with Crippen LogP contribution in [0.5, 0.6) is 0 Å². The molecule has 1 heterocycles. The molecule has 0 aromatic heterocycles. The maximum atomic E-state index is 12.8. The summed E-state index contributed by atoms with van der Waals surface area (Å²) in [6, 6.07) is -4.04. The van der Waals surface area contributed by atoms with Crippen LogP contribution in [0.3, 0.4) is 0 Å². The number of hydrogen-bond acceptors (Lipinski definition) is 6. The lowest BCUT2D eigenvalue weighted by Gasteiger charge is -2.31. The monoisotopic (exact) mass is 400 g/mol. The molecular formula is C18H32N4O6. The first-order chi connectivity index (χ1) is 13.0. The van der Waals surface area contributed by atoms with E-state index in [1.165, 1.54) is 18.7 Å². The molecule has 1 fully saturated rings. The van der Waals surface area contributed by atoms with Crippen LogP contribution < -0.4 is 16.4 Å². The van der Waals surface area contributed by atoms with Crippen molar-refractivity contribution in [1.82, 2.24) is 15.5 Å². The molecule has 10 heteroatoms. The van der Waals surface area contributed by atoms with E-state index in [4.69, 9.17) is 5.73 Å². The number of aliphatic hydroxyl groups excluding tert-OH is 1. The summed E-state index contributed by atoms with van der Waals surface area (Å²) in [4.78, 5) is 50.1. The molecule has 1 saturated heterocycles. The summed E-state index contributed by atoms with van der Waals surface area (Å²) in [5.41, 5.74) is 5.55. The molecule has 1 aliphatic heterocycles. The molecule has 0 radical (unpaired) electrons. The summed E-state index contributed by atoms with van der Waals surface area (Å²) >= 11 is 0. The average molecular weight is 400 g/mol. The minimum Gasteiger partial charge on any atom is -0.480 e.